The molecular weight excluding hydrogens is 242 g/mol. The zero-order valence-electron chi connectivity index (χ0n) is 11.1. The van der Waals surface area contributed by atoms with Gasteiger partial charge in [0.25, 0.3) is 0 Å². The van der Waals surface area contributed by atoms with Crippen molar-refractivity contribution in [2.75, 3.05) is 18.9 Å². The lowest BCUT2D eigenvalue weighted by Crippen LogP contribution is -2.24. The second kappa shape index (κ2) is 4.52. The Morgan fingerprint density at radius 3 is 3.00 bits per heavy atom. The minimum atomic E-state index is 0.566. The topological polar surface area (TPSA) is 28.2 Å². The molecule has 0 amide bonds. The van der Waals surface area contributed by atoms with Crippen molar-refractivity contribution in [1.82, 2.24) is 9.88 Å². The highest BCUT2D eigenvalue weighted by Gasteiger charge is 2.25. The van der Waals surface area contributed by atoms with Gasteiger partial charge in [0, 0.05) is 24.3 Å². The first-order chi connectivity index (χ1) is 8.61. The summed E-state index contributed by atoms with van der Waals surface area (Å²) < 4.78 is 1.27. The van der Waals surface area contributed by atoms with E-state index >= 15 is 0 Å². The fourth-order valence-electron chi connectivity index (χ4n) is 2.66. The van der Waals surface area contributed by atoms with E-state index < -0.39 is 0 Å². The Morgan fingerprint density at radius 2 is 2.28 bits per heavy atom. The number of likely N-dealkylation sites (N-methyl/N-ethyl adjacent to an activating group) is 1. The number of likely N-dealkylation sites (tertiary alicyclic amines) is 1. The van der Waals surface area contributed by atoms with E-state index in [2.05, 4.69) is 54.3 Å². The summed E-state index contributed by atoms with van der Waals surface area (Å²) in [6, 6.07) is 7.73. The molecule has 1 fully saturated rings. The highest BCUT2D eigenvalue weighted by Crippen LogP contribution is 2.26. The van der Waals surface area contributed by atoms with Crippen LogP contribution in [0.4, 0.5) is 5.69 Å². The summed E-state index contributed by atoms with van der Waals surface area (Å²) in [6.07, 6.45) is 1.22. The van der Waals surface area contributed by atoms with Crippen molar-refractivity contribution in [2.45, 2.75) is 32.4 Å². The predicted molar refractivity (Wildman–Crippen MR) is 78.5 cm³/mol. The van der Waals surface area contributed by atoms with Crippen molar-refractivity contribution in [3.05, 3.63) is 23.2 Å². The first kappa shape index (κ1) is 11.9. The van der Waals surface area contributed by atoms with E-state index in [0.717, 1.165) is 17.1 Å². The summed E-state index contributed by atoms with van der Waals surface area (Å²) in [5, 5.41) is 4.78. The lowest BCUT2D eigenvalue weighted by molar-refractivity contribution is 0.330. The maximum absolute atomic E-state index is 4.49. The van der Waals surface area contributed by atoms with Crippen molar-refractivity contribution in [1.29, 1.82) is 0 Å². The van der Waals surface area contributed by atoms with Gasteiger partial charge in [0.1, 0.15) is 0 Å². The van der Waals surface area contributed by atoms with Crippen LogP contribution in [0.25, 0.3) is 10.2 Å². The average Bonchev–Trinajstić information content (AvgIpc) is 2.81. The van der Waals surface area contributed by atoms with Gasteiger partial charge >= 0.3 is 0 Å². The summed E-state index contributed by atoms with van der Waals surface area (Å²) in [5.74, 6) is 0. The third kappa shape index (κ3) is 2.22. The number of aromatic nitrogens is 1. The van der Waals surface area contributed by atoms with E-state index in [-0.39, 0.29) is 0 Å². The number of nitrogens with one attached hydrogen (secondary N) is 1. The Kier molecular flexibility index (Phi) is 2.99. The zero-order chi connectivity index (χ0) is 12.7. The molecule has 2 unspecified atom stereocenters. The molecule has 1 aromatic heterocycles. The molecule has 0 radical (unpaired) electrons. The second-order valence-corrected chi connectivity index (χ2v) is 6.52. The maximum Gasteiger partial charge on any atom is 0.0907 e. The van der Waals surface area contributed by atoms with Crippen molar-refractivity contribution < 1.29 is 0 Å². The Labute approximate surface area is 112 Å². The minimum absolute atomic E-state index is 0.566. The van der Waals surface area contributed by atoms with Crippen molar-refractivity contribution in [3.63, 3.8) is 0 Å². The van der Waals surface area contributed by atoms with Gasteiger partial charge < -0.3 is 10.2 Å². The van der Waals surface area contributed by atoms with E-state index in [1.54, 1.807) is 11.3 Å². The maximum atomic E-state index is 4.49. The van der Waals surface area contributed by atoms with Crippen LogP contribution >= 0.6 is 11.3 Å². The summed E-state index contributed by atoms with van der Waals surface area (Å²) in [4.78, 5) is 6.90. The van der Waals surface area contributed by atoms with Crippen LogP contribution in [-0.4, -0.2) is 35.6 Å². The van der Waals surface area contributed by atoms with E-state index in [0.29, 0.717) is 12.1 Å². The molecule has 0 aliphatic carbocycles. The van der Waals surface area contributed by atoms with Gasteiger partial charge in [-0.1, -0.05) is 0 Å². The van der Waals surface area contributed by atoms with Gasteiger partial charge in [-0.3, -0.25) is 0 Å². The number of hydrogen-bond donors (Lipinski definition) is 1. The normalized spacial score (nSPS) is 24.8. The molecule has 1 saturated heterocycles. The highest BCUT2D eigenvalue weighted by molar-refractivity contribution is 7.18. The number of aryl methyl sites for hydroxylation is 1. The SMILES string of the molecule is Cc1nc2ccc(NC3CC(C)N(C)C3)cc2s1. The minimum Gasteiger partial charge on any atom is -0.381 e. The number of rotatable bonds is 2. The number of anilines is 1. The zero-order valence-corrected chi connectivity index (χ0v) is 11.9. The Morgan fingerprint density at radius 1 is 1.44 bits per heavy atom. The van der Waals surface area contributed by atoms with E-state index in [1.165, 1.54) is 16.8 Å². The Hall–Kier alpha value is -1.13. The Balaban J connectivity index is 1.78. The summed E-state index contributed by atoms with van der Waals surface area (Å²) >= 11 is 1.76. The molecule has 3 nitrogen and oxygen atoms in total. The van der Waals surface area contributed by atoms with Gasteiger partial charge in [-0.15, -0.1) is 11.3 Å². The summed E-state index contributed by atoms with van der Waals surface area (Å²) in [6.45, 7) is 5.48. The van der Waals surface area contributed by atoms with Gasteiger partial charge in [-0.05, 0) is 45.5 Å². The van der Waals surface area contributed by atoms with Gasteiger partial charge in [0.15, 0.2) is 0 Å². The molecule has 1 aromatic carbocycles. The van der Waals surface area contributed by atoms with Crippen LogP contribution in [-0.2, 0) is 0 Å². The van der Waals surface area contributed by atoms with Gasteiger partial charge in [0.2, 0.25) is 0 Å². The molecule has 2 atom stereocenters. The molecule has 2 aromatic rings. The van der Waals surface area contributed by atoms with Crippen LogP contribution in [0.15, 0.2) is 18.2 Å². The first-order valence-corrected chi connectivity index (χ1v) is 7.27. The monoisotopic (exact) mass is 261 g/mol. The first-order valence-electron chi connectivity index (χ1n) is 6.46. The molecule has 3 rings (SSSR count). The molecule has 2 heterocycles. The number of nitrogens with zero attached hydrogens (tertiary/aromatic N) is 2. The average molecular weight is 261 g/mol. The third-order valence-corrected chi connectivity index (χ3v) is 4.69. The molecular formula is C14H19N3S. The molecule has 0 bridgehead atoms. The molecule has 1 N–H and O–H groups in total. The smallest absolute Gasteiger partial charge is 0.0907 e. The van der Waals surface area contributed by atoms with Crippen LogP contribution in [0, 0.1) is 6.92 Å². The fourth-order valence-corrected chi connectivity index (χ4v) is 3.53. The molecule has 4 heteroatoms. The highest BCUT2D eigenvalue weighted by atomic mass is 32.1. The van der Waals surface area contributed by atoms with Crippen LogP contribution in [0.2, 0.25) is 0 Å². The predicted octanol–water partition coefficient (Wildman–Crippen LogP) is 3.11. The van der Waals surface area contributed by atoms with Crippen LogP contribution in [0.3, 0.4) is 0 Å². The number of hydrogen-bond acceptors (Lipinski definition) is 4. The van der Waals surface area contributed by atoms with E-state index in [9.17, 15) is 0 Å². The molecule has 0 saturated carbocycles. The van der Waals surface area contributed by atoms with Gasteiger partial charge in [-0.25, -0.2) is 4.98 Å². The van der Waals surface area contributed by atoms with Crippen molar-refractivity contribution >= 4 is 27.2 Å². The molecule has 18 heavy (non-hydrogen) atoms. The fraction of sp³-hybridized carbons (Fsp3) is 0.500. The van der Waals surface area contributed by atoms with Gasteiger partial charge in [-0.2, -0.15) is 0 Å². The largest absolute Gasteiger partial charge is 0.381 e. The summed E-state index contributed by atoms with van der Waals surface area (Å²) in [7, 11) is 2.20. The van der Waals surface area contributed by atoms with Crippen LogP contribution < -0.4 is 5.32 Å². The summed E-state index contributed by atoms with van der Waals surface area (Å²) in [5.41, 5.74) is 2.33. The second-order valence-electron chi connectivity index (χ2n) is 5.28. The number of benzene rings is 1. The number of thiazole rings is 1. The van der Waals surface area contributed by atoms with Crippen LogP contribution in [0.1, 0.15) is 18.4 Å². The van der Waals surface area contributed by atoms with Crippen molar-refractivity contribution in [3.8, 4) is 0 Å². The van der Waals surface area contributed by atoms with Gasteiger partial charge in [0.05, 0.1) is 15.2 Å². The standard InChI is InChI=1S/C14H19N3S/c1-9-6-12(8-17(9)3)16-11-4-5-13-14(7-11)18-10(2)15-13/h4-5,7,9,12,16H,6,8H2,1-3H3. The number of fused-ring (bicyclic) bond motifs is 1. The quantitative estimate of drug-likeness (QED) is 0.900. The lowest BCUT2D eigenvalue weighted by Gasteiger charge is -2.14. The Bertz CT molecular complexity index is 553. The lowest BCUT2D eigenvalue weighted by atomic mass is 10.2. The van der Waals surface area contributed by atoms with Crippen molar-refractivity contribution in [2.24, 2.45) is 0 Å². The molecule has 96 valence electrons. The van der Waals surface area contributed by atoms with Crippen LogP contribution in [0.5, 0.6) is 0 Å². The molecule has 0 spiro atoms. The third-order valence-electron chi connectivity index (χ3n) is 3.75. The molecule has 1 aliphatic heterocycles. The molecule has 1 aliphatic rings. The van der Waals surface area contributed by atoms with E-state index in [1.807, 2.05) is 0 Å². The van der Waals surface area contributed by atoms with E-state index in [4.69, 9.17) is 0 Å².